The van der Waals surface area contributed by atoms with E-state index in [9.17, 15) is 14.4 Å². The summed E-state index contributed by atoms with van der Waals surface area (Å²) in [6.45, 7) is 8.10. The molecule has 0 bridgehead atoms. The topological polar surface area (TPSA) is 108 Å². The van der Waals surface area contributed by atoms with E-state index < -0.39 is 5.97 Å². The molecule has 0 radical (unpaired) electrons. The van der Waals surface area contributed by atoms with Gasteiger partial charge in [0.2, 0.25) is 11.8 Å². The summed E-state index contributed by atoms with van der Waals surface area (Å²) in [4.78, 5) is 37.5. The van der Waals surface area contributed by atoms with Crippen molar-refractivity contribution in [3.05, 3.63) is 59.2 Å². The highest BCUT2D eigenvalue weighted by Gasteiger charge is 2.10. The van der Waals surface area contributed by atoms with Crippen LogP contribution in [0.2, 0.25) is 0 Å². The lowest BCUT2D eigenvalue weighted by atomic mass is 10.1. The van der Waals surface area contributed by atoms with Gasteiger partial charge in [0, 0.05) is 29.4 Å². The largest absolute Gasteiger partial charge is 0.478 e. The van der Waals surface area contributed by atoms with Crippen LogP contribution in [0.25, 0.3) is 0 Å². The van der Waals surface area contributed by atoms with Crippen LogP contribution in [0.3, 0.4) is 0 Å². The normalized spacial score (nSPS) is 11.5. The number of aliphatic imine (C=N–C) groups is 1. The molecule has 0 aromatic heterocycles. The van der Waals surface area contributed by atoms with Crippen molar-refractivity contribution in [2.75, 3.05) is 10.6 Å². The number of aromatic carboxylic acids is 1. The first-order valence-corrected chi connectivity index (χ1v) is 9.75. The molecular formula is C23H27N3O4. The Kier molecular flexibility index (Phi) is 7.86. The predicted octanol–water partition coefficient (Wildman–Crippen LogP) is 4.19. The Morgan fingerprint density at radius 1 is 0.867 bits per heavy atom. The Morgan fingerprint density at radius 3 is 1.93 bits per heavy atom. The third-order valence-electron chi connectivity index (χ3n) is 4.35. The highest BCUT2D eigenvalue weighted by atomic mass is 16.4. The van der Waals surface area contributed by atoms with Crippen molar-refractivity contribution in [3.8, 4) is 0 Å². The Balaban J connectivity index is 0.000000214. The fraction of sp³-hybridized carbons (Fsp3) is 0.304. The molecule has 0 spiro atoms. The molecule has 3 N–H and O–H groups in total. The third kappa shape index (κ3) is 6.55. The summed E-state index contributed by atoms with van der Waals surface area (Å²) in [7, 11) is 0. The monoisotopic (exact) mass is 409 g/mol. The van der Waals surface area contributed by atoms with E-state index in [2.05, 4.69) is 15.6 Å². The summed E-state index contributed by atoms with van der Waals surface area (Å²) in [5.41, 5.74) is 3.99. The third-order valence-corrected chi connectivity index (χ3v) is 4.35. The van der Waals surface area contributed by atoms with Crippen LogP contribution in [-0.2, 0) is 16.1 Å². The second-order valence-corrected chi connectivity index (χ2v) is 7.55. The number of carboxylic acids is 1. The first-order valence-electron chi connectivity index (χ1n) is 9.75. The molecule has 0 saturated carbocycles. The molecule has 3 rings (SSSR count). The minimum Gasteiger partial charge on any atom is -0.478 e. The van der Waals surface area contributed by atoms with Crippen molar-refractivity contribution < 1.29 is 19.5 Å². The molecule has 7 heteroatoms. The minimum absolute atomic E-state index is 0.00641. The molecule has 0 unspecified atom stereocenters. The maximum atomic E-state index is 11.5. The van der Waals surface area contributed by atoms with E-state index in [0.717, 1.165) is 17.8 Å². The molecule has 2 aromatic rings. The number of carbonyl (C=O) groups is 3. The molecule has 0 aliphatic carbocycles. The van der Waals surface area contributed by atoms with Crippen LogP contribution in [0.4, 0.5) is 11.4 Å². The summed E-state index contributed by atoms with van der Waals surface area (Å²) < 4.78 is 0. The highest BCUT2D eigenvalue weighted by molar-refractivity contribution is 5.94. The van der Waals surface area contributed by atoms with Crippen molar-refractivity contribution in [1.82, 2.24) is 0 Å². The lowest BCUT2D eigenvalue weighted by Gasteiger charge is -2.08. The summed E-state index contributed by atoms with van der Waals surface area (Å²) in [5.74, 6) is -1.10. The number of hydrogen-bond acceptors (Lipinski definition) is 4. The maximum absolute atomic E-state index is 11.5. The Hall–Kier alpha value is -3.48. The predicted molar refractivity (Wildman–Crippen MR) is 118 cm³/mol. The van der Waals surface area contributed by atoms with Crippen molar-refractivity contribution in [1.29, 1.82) is 0 Å². The van der Waals surface area contributed by atoms with E-state index in [4.69, 9.17) is 5.11 Å². The van der Waals surface area contributed by atoms with Crippen molar-refractivity contribution in [2.24, 2.45) is 16.8 Å². The average Bonchev–Trinajstić information content (AvgIpc) is 3.16. The van der Waals surface area contributed by atoms with Gasteiger partial charge in [-0.05, 0) is 47.5 Å². The van der Waals surface area contributed by atoms with Crippen LogP contribution in [0.1, 0.15) is 49.2 Å². The van der Waals surface area contributed by atoms with E-state index >= 15 is 0 Å². The van der Waals surface area contributed by atoms with Crippen molar-refractivity contribution in [3.63, 3.8) is 0 Å². The fourth-order valence-electron chi connectivity index (χ4n) is 2.45. The molecule has 2 amide bonds. The van der Waals surface area contributed by atoms with Crippen LogP contribution in [-0.4, -0.2) is 29.1 Å². The summed E-state index contributed by atoms with van der Waals surface area (Å²) in [6.07, 6.45) is 1.85. The number of anilines is 2. The molecule has 0 atom stereocenters. The van der Waals surface area contributed by atoms with Crippen LogP contribution < -0.4 is 10.6 Å². The zero-order valence-electron chi connectivity index (χ0n) is 17.6. The Bertz CT molecular complexity index is 947. The number of nitrogens with one attached hydrogen (secondary N) is 2. The second-order valence-electron chi connectivity index (χ2n) is 7.55. The van der Waals surface area contributed by atoms with Crippen molar-refractivity contribution >= 4 is 35.4 Å². The number of fused-ring (bicyclic) bond motifs is 1. The number of hydrogen-bond donors (Lipinski definition) is 3. The molecule has 7 nitrogen and oxygen atoms in total. The van der Waals surface area contributed by atoms with Crippen molar-refractivity contribution in [2.45, 2.75) is 34.2 Å². The SMILES string of the molecule is CC(C)C(=O)Nc1ccc(C(=O)O)cc1.CC(C)C(=O)Nc1ccc2c(c1)C=NC2. The first-order chi connectivity index (χ1) is 14.2. The van der Waals surface area contributed by atoms with Gasteiger partial charge in [0.15, 0.2) is 0 Å². The number of benzene rings is 2. The fourth-order valence-corrected chi connectivity index (χ4v) is 2.45. The summed E-state index contributed by atoms with van der Waals surface area (Å²) >= 11 is 0. The van der Waals surface area contributed by atoms with Crippen LogP contribution in [0.15, 0.2) is 47.5 Å². The lowest BCUT2D eigenvalue weighted by Crippen LogP contribution is -2.17. The van der Waals surface area contributed by atoms with Gasteiger partial charge in [0.25, 0.3) is 0 Å². The van der Waals surface area contributed by atoms with E-state index in [1.807, 2.05) is 38.3 Å². The number of carbonyl (C=O) groups excluding carboxylic acids is 2. The maximum Gasteiger partial charge on any atom is 0.335 e. The van der Waals surface area contributed by atoms with Gasteiger partial charge in [0.05, 0.1) is 12.1 Å². The van der Waals surface area contributed by atoms with Crippen LogP contribution in [0, 0.1) is 11.8 Å². The zero-order valence-corrected chi connectivity index (χ0v) is 17.6. The minimum atomic E-state index is -0.975. The summed E-state index contributed by atoms with van der Waals surface area (Å²) in [6, 6.07) is 12.0. The summed E-state index contributed by atoms with van der Waals surface area (Å²) in [5, 5.41) is 14.2. The van der Waals surface area contributed by atoms with E-state index in [-0.39, 0.29) is 29.2 Å². The molecule has 1 aliphatic rings. The van der Waals surface area contributed by atoms with Gasteiger partial charge in [0.1, 0.15) is 0 Å². The van der Waals surface area contributed by atoms with Gasteiger partial charge >= 0.3 is 5.97 Å². The highest BCUT2D eigenvalue weighted by Crippen LogP contribution is 2.19. The molecule has 30 heavy (non-hydrogen) atoms. The molecule has 0 fully saturated rings. The van der Waals surface area contributed by atoms with Crippen LogP contribution >= 0.6 is 0 Å². The molecule has 0 saturated heterocycles. The molecule has 1 heterocycles. The standard InChI is InChI=1S/C12H14N2O.C11H13NO3/c1-8(2)12(15)14-11-4-3-9-6-13-7-10(9)5-11;1-7(2)10(13)12-9-5-3-8(4-6-9)11(14)15/h3-5,7-8H,6H2,1-2H3,(H,14,15);3-7H,1-2H3,(H,12,13)(H,14,15). The lowest BCUT2D eigenvalue weighted by molar-refractivity contribution is -0.119. The number of carboxylic acid groups (broad SMARTS) is 1. The van der Waals surface area contributed by atoms with Gasteiger partial charge in [-0.1, -0.05) is 33.8 Å². The number of amides is 2. The molecule has 1 aliphatic heterocycles. The Morgan fingerprint density at radius 2 is 1.40 bits per heavy atom. The first kappa shape index (κ1) is 22.8. The Labute approximate surface area is 176 Å². The van der Waals surface area contributed by atoms with E-state index in [1.54, 1.807) is 26.0 Å². The van der Waals surface area contributed by atoms with Gasteiger partial charge in [-0.3, -0.25) is 14.6 Å². The molecular weight excluding hydrogens is 382 g/mol. The van der Waals surface area contributed by atoms with Gasteiger partial charge in [-0.15, -0.1) is 0 Å². The smallest absolute Gasteiger partial charge is 0.335 e. The van der Waals surface area contributed by atoms with Gasteiger partial charge in [-0.25, -0.2) is 4.79 Å². The number of rotatable bonds is 5. The van der Waals surface area contributed by atoms with Crippen LogP contribution in [0.5, 0.6) is 0 Å². The van der Waals surface area contributed by atoms with Gasteiger partial charge < -0.3 is 15.7 Å². The number of nitrogens with zero attached hydrogens (tertiary/aromatic N) is 1. The van der Waals surface area contributed by atoms with E-state index in [0.29, 0.717) is 5.69 Å². The van der Waals surface area contributed by atoms with E-state index in [1.165, 1.54) is 17.7 Å². The molecule has 2 aromatic carbocycles. The zero-order chi connectivity index (χ0) is 22.3. The average molecular weight is 409 g/mol. The van der Waals surface area contributed by atoms with Gasteiger partial charge in [-0.2, -0.15) is 0 Å². The quantitative estimate of drug-likeness (QED) is 0.688. The second kappa shape index (κ2) is 10.3. The molecule has 158 valence electrons.